The topological polar surface area (TPSA) is 91.5 Å². The van der Waals surface area contributed by atoms with E-state index in [2.05, 4.69) is 10.4 Å². The molecule has 2 heterocycles. The van der Waals surface area contributed by atoms with Crippen LogP contribution in [-0.2, 0) is 16.0 Å². The Morgan fingerprint density at radius 1 is 1.65 bits per heavy atom. The van der Waals surface area contributed by atoms with E-state index in [9.17, 15) is 10.1 Å². The average Bonchev–Trinajstić information content (AvgIpc) is 3.01. The fourth-order valence-corrected chi connectivity index (χ4v) is 2.40. The third kappa shape index (κ3) is 2.61. The van der Waals surface area contributed by atoms with Crippen molar-refractivity contribution in [1.82, 2.24) is 9.78 Å². The molecule has 1 atom stereocenters. The maximum Gasteiger partial charge on any atom is 0.333 e. The van der Waals surface area contributed by atoms with Crippen molar-refractivity contribution in [2.45, 2.75) is 32.4 Å². The number of nitrogens with one attached hydrogen (secondary N) is 1. The summed E-state index contributed by atoms with van der Waals surface area (Å²) in [5.74, 6) is 0.429. The van der Waals surface area contributed by atoms with Crippen molar-refractivity contribution in [3.8, 4) is 0 Å². The molecule has 0 bridgehead atoms. The van der Waals surface area contributed by atoms with Gasteiger partial charge in [0.25, 0.3) is 0 Å². The van der Waals surface area contributed by atoms with Gasteiger partial charge in [0.05, 0.1) is 11.5 Å². The quantitative estimate of drug-likeness (QED) is 0.626. The smallest absolute Gasteiger partial charge is 0.333 e. The number of rotatable bonds is 6. The highest BCUT2D eigenvalue weighted by Gasteiger charge is 2.36. The lowest BCUT2D eigenvalue weighted by atomic mass is 10.0. The Morgan fingerprint density at radius 2 is 2.40 bits per heavy atom. The van der Waals surface area contributed by atoms with Crippen LogP contribution in [0.1, 0.15) is 19.0 Å². The van der Waals surface area contributed by atoms with Gasteiger partial charge in [0.15, 0.2) is 0 Å². The zero-order chi connectivity index (χ0) is 14.8. The van der Waals surface area contributed by atoms with E-state index in [0.717, 1.165) is 6.42 Å². The van der Waals surface area contributed by atoms with Crippen LogP contribution < -0.4 is 5.32 Å². The first-order valence-electron chi connectivity index (χ1n) is 6.61. The van der Waals surface area contributed by atoms with Crippen LogP contribution in [0.25, 0.3) is 0 Å². The molecule has 0 amide bonds. The third-order valence-corrected chi connectivity index (χ3v) is 3.66. The van der Waals surface area contributed by atoms with Crippen molar-refractivity contribution in [2.24, 2.45) is 0 Å². The number of nitrogens with zero attached hydrogens (tertiary/aromatic N) is 3. The molecule has 8 nitrogen and oxygen atoms in total. The Morgan fingerprint density at radius 3 is 2.90 bits per heavy atom. The summed E-state index contributed by atoms with van der Waals surface area (Å²) in [4.78, 5) is 10.8. The van der Waals surface area contributed by atoms with E-state index in [-0.39, 0.29) is 5.69 Å². The van der Waals surface area contributed by atoms with Crippen LogP contribution in [0.5, 0.6) is 0 Å². The van der Waals surface area contributed by atoms with Crippen LogP contribution in [0.2, 0.25) is 0 Å². The van der Waals surface area contributed by atoms with Crippen LogP contribution >= 0.6 is 0 Å². The molecule has 0 radical (unpaired) electrons. The molecule has 0 aliphatic carbocycles. The first-order chi connectivity index (χ1) is 9.53. The van der Waals surface area contributed by atoms with Crippen molar-refractivity contribution >= 4 is 11.5 Å². The first kappa shape index (κ1) is 14.7. The summed E-state index contributed by atoms with van der Waals surface area (Å²) < 4.78 is 12.5. The van der Waals surface area contributed by atoms with Crippen molar-refractivity contribution in [3.63, 3.8) is 0 Å². The van der Waals surface area contributed by atoms with Gasteiger partial charge in [-0.25, -0.2) is 4.68 Å². The minimum atomic E-state index is -0.426. The maximum absolute atomic E-state index is 11.2. The Kier molecular flexibility index (Phi) is 4.24. The number of anilines is 1. The molecule has 0 aromatic carbocycles. The van der Waals surface area contributed by atoms with E-state index in [1.165, 1.54) is 0 Å². The SMILES string of the molecule is CCn1nc(C)c([N+](=O)[O-])c1NCC1(OC)CCOC1. The largest absolute Gasteiger partial charge is 0.378 e. The van der Waals surface area contributed by atoms with E-state index in [0.29, 0.717) is 37.8 Å². The van der Waals surface area contributed by atoms with Gasteiger partial charge >= 0.3 is 5.69 Å². The summed E-state index contributed by atoms with van der Waals surface area (Å²) >= 11 is 0. The van der Waals surface area contributed by atoms with E-state index >= 15 is 0 Å². The summed E-state index contributed by atoms with van der Waals surface area (Å²) in [6.45, 7) is 5.68. The van der Waals surface area contributed by atoms with Crippen molar-refractivity contribution in [3.05, 3.63) is 15.8 Å². The highest BCUT2D eigenvalue weighted by Crippen LogP contribution is 2.30. The van der Waals surface area contributed by atoms with Crippen LogP contribution in [0.4, 0.5) is 11.5 Å². The second kappa shape index (κ2) is 5.76. The molecule has 1 fully saturated rings. The van der Waals surface area contributed by atoms with Gasteiger partial charge in [0.2, 0.25) is 5.82 Å². The summed E-state index contributed by atoms with van der Waals surface area (Å²) in [5.41, 5.74) is 0.00968. The predicted octanol–water partition coefficient (Wildman–Crippen LogP) is 1.34. The van der Waals surface area contributed by atoms with E-state index in [1.54, 1.807) is 18.7 Å². The molecule has 8 heteroatoms. The van der Waals surface area contributed by atoms with Gasteiger partial charge in [-0.2, -0.15) is 5.10 Å². The number of hydrogen-bond acceptors (Lipinski definition) is 6. The number of aryl methyl sites for hydroxylation is 2. The standard InChI is InChI=1S/C12H20N4O4/c1-4-15-11(10(16(17)18)9(2)14-15)13-7-12(19-3)5-6-20-8-12/h13H,4-8H2,1-3H3. The summed E-state index contributed by atoms with van der Waals surface area (Å²) in [6, 6.07) is 0. The Labute approximate surface area is 117 Å². The zero-order valence-electron chi connectivity index (χ0n) is 12.0. The van der Waals surface area contributed by atoms with Crippen LogP contribution in [-0.4, -0.2) is 47.2 Å². The predicted molar refractivity (Wildman–Crippen MR) is 73.0 cm³/mol. The molecular formula is C12H20N4O4. The van der Waals surface area contributed by atoms with Gasteiger partial charge in [-0.1, -0.05) is 0 Å². The summed E-state index contributed by atoms with van der Waals surface area (Å²) in [6.07, 6.45) is 0.767. The van der Waals surface area contributed by atoms with Crippen LogP contribution in [0.15, 0.2) is 0 Å². The molecule has 0 saturated carbocycles. The molecule has 1 aliphatic rings. The monoisotopic (exact) mass is 284 g/mol. The molecule has 1 aliphatic heterocycles. The lowest BCUT2D eigenvalue weighted by Gasteiger charge is -2.26. The lowest BCUT2D eigenvalue weighted by molar-refractivity contribution is -0.384. The Balaban J connectivity index is 2.22. The van der Waals surface area contributed by atoms with E-state index in [1.807, 2.05) is 6.92 Å². The summed E-state index contributed by atoms with van der Waals surface area (Å²) in [7, 11) is 1.63. The molecule has 20 heavy (non-hydrogen) atoms. The summed E-state index contributed by atoms with van der Waals surface area (Å²) in [5, 5.41) is 18.5. The van der Waals surface area contributed by atoms with Gasteiger partial charge in [0.1, 0.15) is 11.3 Å². The number of methoxy groups -OCH3 is 1. The van der Waals surface area contributed by atoms with Crippen molar-refractivity contribution in [2.75, 3.05) is 32.2 Å². The fourth-order valence-electron chi connectivity index (χ4n) is 2.40. The molecule has 2 rings (SSSR count). The van der Waals surface area contributed by atoms with Gasteiger partial charge < -0.3 is 14.8 Å². The molecule has 112 valence electrons. The number of nitro groups is 1. The molecule has 1 aromatic rings. The minimum Gasteiger partial charge on any atom is -0.378 e. The Hall–Kier alpha value is -1.67. The van der Waals surface area contributed by atoms with Gasteiger partial charge in [-0.3, -0.25) is 10.1 Å². The van der Waals surface area contributed by atoms with Gasteiger partial charge in [-0.15, -0.1) is 0 Å². The molecule has 1 unspecified atom stereocenters. The minimum absolute atomic E-state index is 0.0250. The molecule has 0 spiro atoms. The zero-order valence-corrected chi connectivity index (χ0v) is 12.0. The third-order valence-electron chi connectivity index (χ3n) is 3.66. The fraction of sp³-hybridized carbons (Fsp3) is 0.750. The highest BCUT2D eigenvalue weighted by molar-refractivity contribution is 5.59. The second-order valence-corrected chi connectivity index (χ2v) is 4.90. The molecular weight excluding hydrogens is 264 g/mol. The van der Waals surface area contributed by atoms with Gasteiger partial charge in [0, 0.05) is 33.2 Å². The van der Waals surface area contributed by atoms with Crippen molar-refractivity contribution < 1.29 is 14.4 Å². The average molecular weight is 284 g/mol. The lowest BCUT2D eigenvalue weighted by Crippen LogP contribution is -2.40. The Bertz CT molecular complexity index is 494. The molecule has 1 N–H and O–H groups in total. The molecule has 1 aromatic heterocycles. The number of hydrogen-bond donors (Lipinski definition) is 1. The number of aromatic nitrogens is 2. The first-order valence-corrected chi connectivity index (χ1v) is 6.61. The van der Waals surface area contributed by atoms with Crippen molar-refractivity contribution in [1.29, 1.82) is 0 Å². The van der Waals surface area contributed by atoms with E-state index in [4.69, 9.17) is 9.47 Å². The maximum atomic E-state index is 11.2. The van der Waals surface area contributed by atoms with Crippen LogP contribution in [0, 0.1) is 17.0 Å². The normalized spacial score (nSPS) is 22.1. The molecule has 1 saturated heterocycles. The van der Waals surface area contributed by atoms with E-state index < -0.39 is 10.5 Å². The highest BCUT2D eigenvalue weighted by atomic mass is 16.6. The second-order valence-electron chi connectivity index (χ2n) is 4.90. The van der Waals surface area contributed by atoms with Crippen LogP contribution in [0.3, 0.4) is 0 Å². The van der Waals surface area contributed by atoms with Gasteiger partial charge in [-0.05, 0) is 13.8 Å². The number of ether oxygens (including phenoxy) is 2.